The number of benzene rings is 4. The van der Waals surface area contributed by atoms with Crippen LogP contribution in [0.5, 0.6) is 0 Å². The molecule has 0 fully saturated rings. The summed E-state index contributed by atoms with van der Waals surface area (Å²) < 4.78 is 30.2. The molecule has 0 unspecified atom stereocenters. The van der Waals surface area contributed by atoms with Gasteiger partial charge in [0.2, 0.25) is 11.8 Å². The Bertz CT molecular complexity index is 1700. The summed E-state index contributed by atoms with van der Waals surface area (Å²) in [4.78, 5) is 29.2. The lowest BCUT2D eigenvalue weighted by molar-refractivity contribution is -0.139. The van der Waals surface area contributed by atoms with Crippen LogP contribution >= 0.6 is 27.5 Å². The fraction of sp³-hybridized carbons (Fsp3) is 0.212. The van der Waals surface area contributed by atoms with Crippen molar-refractivity contribution in [3.63, 3.8) is 0 Å². The van der Waals surface area contributed by atoms with E-state index in [0.29, 0.717) is 16.3 Å². The number of nitrogens with one attached hydrogen (secondary N) is 1. The maximum atomic E-state index is 14.4. The Labute approximate surface area is 266 Å². The van der Waals surface area contributed by atoms with E-state index in [9.17, 15) is 18.0 Å². The van der Waals surface area contributed by atoms with Gasteiger partial charge in [0.25, 0.3) is 10.0 Å². The minimum absolute atomic E-state index is 0.0472. The largest absolute Gasteiger partial charge is 0.357 e. The summed E-state index contributed by atoms with van der Waals surface area (Å²) in [5, 5.41) is 3.13. The van der Waals surface area contributed by atoms with Gasteiger partial charge in [-0.1, -0.05) is 87.7 Å². The van der Waals surface area contributed by atoms with Crippen LogP contribution in [0.1, 0.15) is 22.3 Å². The third-order valence-corrected chi connectivity index (χ3v) is 9.58. The zero-order valence-corrected chi connectivity index (χ0v) is 27.3. The standard InChI is InChI=1S/C33H33BrClN3O4S/c1-23-12-15-29(16-13-23)43(41,42)38(30-17-14-28(35)18-24(30)2)22-32(39)37(21-26-10-7-11-27(34)19-26)31(33(40)36-3)20-25-8-5-4-6-9-25/h4-19,31H,20-22H2,1-3H3,(H,36,40)/t31-/m0/s1. The number of nitrogens with zero attached hydrogens (tertiary/aromatic N) is 2. The van der Waals surface area contributed by atoms with Crippen molar-refractivity contribution in [2.24, 2.45) is 0 Å². The van der Waals surface area contributed by atoms with E-state index in [1.54, 1.807) is 37.3 Å². The van der Waals surface area contributed by atoms with E-state index in [1.807, 2.05) is 61.5 Å². The van der Waals surface area contributed by atoms with Crippen LogP contribution in [0.25, 0.3) is 0 Å². The highest BCUT2D eigenvalue weighted by Crippen LogP contribution is 2.30. The van der Waals surface area contributed by atoms with Crippen LogP contribution in [-0.2, 0) is 32.6 Å². The van der Waals surface area contributed by atoms with Gasteiger partial charge in [0.1, 0.15) is 12.6 Å². The van der Waals surface area contributed by atoms with Crippen LogP contribution < -0.4 is 9.62 Å². The Morgan fingerprint density at radius 1 is 0.884 bits per heavy atom. The van der Waals surface area contributed by atoms with Gasteiger partial charge in [0, 0.05) is 29.5 Å². The third kappa shape index (κ3) is 8.04. The number of carbonyl (C=O) groups is 2. The molecule has 0 aliphatic heterocycles. The zero-order chi connectivity index (χ0) is 31.1. The van der Waals surface area contributed by atoms with E-state index in [4.69, 9.17) is 11.6 Å². The number of sulfonamides is 1. The number of carbonyl (C=O) groups excluding carboxylic acids is 2. The van der Waals surface area contributed by atoms with Crippen molar-refractivity contribution in [2.45, 2.75) is 37.8 Å². The van der Waals surface area contributed by atoms with Crippen molar-refractivity contribution >= 4 is 55.1 Å². The summed E-state index contributed by atoms with van der Waals surface area (Å²) in [6, 6.07) is 27.2. The van der Waals surface area contributed by atoms with Crippen LogP contribution in [-0.4, -0.2) is 44.8 Å². The highest BCUT2D eigenvalue weighted by Gasteiger charge is 2.34. The number of rotatable bonds is 11. The molecule has 0 radical (unpaired) electrons. The number of amides is 2. The SMILES string of the molecule is CNC(=O)[C@H](Cc1ccccc1)N(Cc1cccc(Br)c1)C(=O)CN(c1ccc(Cl)cc1C)S(=O)(=O)c1ccc(C)cc1. The number of halogens is 2. The van der Waals surface area contributed by atoms with E-state index in [0.717, 1.165) is 25.5 Å². The summed E-state index contributed by atoms with van der Waals surface area (Å²) in [5.74, 6) is -0.891. The molecule has 10 heteroatoms. The normalized spacial score (nSPS) is 11.9. The van der Waals surface area contributed by atoms with Crippen LogP contribution in [0, 0.1) is 13.8 Å². The van der Waals surface area contributed by atoms with Gasteiger partial charge in [0.05, 0.1) is 10.6 Å². The lowest BCUT2D eigenvalue weighted by atomic mass is 10.0. The van der Waals surface area contributed by atoms with Crippen molar-refractivity contribution in [1.29, 1.82) is 0 Å². The zero-order valence-electron chi connectivity index (χ0n) is 24.1. The highest BCUT2D eigenvalue weighted by atomic mass is 79.9. The summed E-state index contributed by atoms with van der Waals surface area (Å²) in [5.41, 5.74) is 3.45. The third-order valence-electron chi connectivity index (χ3n) is 7.07. The van der Waals surface area contributed by atoms with Gasteiger partial charge in [0.15, 0.2) is 0 Å². The molecule has 4 aromatic rings. The molecule has 1 N–H and O–H groups in total. The molecule has 224 valence electrons. The Hall–Kier alpha value is -3.66. The van der Waals surface area contributed by atoms with E-state index in [1.165, 1.54) is 24.1 Å². The fourth-order valence-electron chi connectivity index (χ4n) is 4.80. The number of likely N-dealkylation sites (N-methyl/N-ethyl adjacent to an activating group) is 1. The summed E-state index contributed by atoms with van der Waals surface area (Å²) in [6.07, 6.45) is 0.241. The Balaban J connectivity index is 1.81. The number of anilines is 1. The Kier molecular flexibility index (Phi) is 10.7. The van der Waals surface area contributed by atoms with Crippen molar-refractivity contribution in [3.05, 3.63) is 129 Å². The Morgan fingerprint density at radius 2 is 1.56 bits per heavy atom. The first-order valence-electron chi connectivity index (χ1n) is 13.6. The minimum atomic E-state index is -4.19. The van der Waals surface area contributed by atoms with Gasteiger partial charge in [-0.2, -0.15) is 0 Å². The molecule has 1 atom stereocenters. The molecule has 0 bridgehead atoms. The second-order valence-corrected chi connectivity index (χ2v) is 13.4. The molecule has 0 aromatic heterocycles. The van der Waals surface area contributed by atoms with Crippen LogP contribution in [0.15, 0.2) is 106 Å². The second kappa shape index (κ2) is 14.2. The molecule has 0 heterocycles. The molecular weight excluding hydrogens is 650 g/mol. The maximum Gasteiger partial charge on any atom is 0.264 e. The second-order valence-electron chi connectivity index (χ2n) is 10.2. The molecular formula is C33H33BrClN3O4S. The van der Waals surface area contributed by atoms with Gasteiger partial charge in [-0.15, -0.1) is 0 Å². The van der Waals surface area contributed by atoms with Crippen molar-refractivity contribution in [1.82, 2.24) is 10.2 Å². The molecule has 4 rings (SSSR count). The first-order valence-corrected chi connectivity index (χ1v) is 16.3. The fourth-order valence-corrected chi connectivity index (χ4v) is 6.95. The topological polar surface area (TPSA) is 86.8 Å². The molecule has 2 amide bonds. The molecule has 0 saturated carbocycles. The average Bonchev–Trinajstić information content (AvgIpc) is 2.98. The molecule has 0 aliphatic rings. The molecule has 43 heavy (non-hydrogen) atoms. The van der Waals surface area contributed by atoms with Gasteiger partial charge >= 0.3 is 0 Å². The molecule has 0 aliphatic carbocycles. The molecule has 0 spiro atoms. The van der Waals surface area contributed by atoms with Gasteiger partial charge in [-0.25, -0.2) is 8.42 Å². The smallest absolute Gasteiger partial charge is 0.264 e. The average molecular weight is 683 g/mol. The molecule has 0 saturated heterocycles. The lowest BCUT2D eigenvalue weighted by Crippen LogP contribution is -2.53. The maximum absolute atomic E-state index is 14.4. The summed E-state index contributed by atoms with van der Waals surface area (Å²) >= 11 is 9.69. The monoisotopic (exact) mass is 681 g/mol. The van der Waals surface area contributed by atoms with Gasteiger partial charge in [-0.3, -0.25) is 13.9 Å². The van der Waals surface area contributed by atoms with Crippen molar-refractivity contribution in [3.8, 4) is 0 Å². The minimum Gasteiger partial charge on any atom is -0.357 e. The van der Waals surface area contributed by atoms with Crippen molar-refractivity contribution in [2.75, 3.05) is 17.9 Å². The first kappa shape index (κ1) is 32.3. The predicted octanol–water partition coefficient (Wildman–Crippen LogP) is 6.30. The Morgan fingerprint density at radius 3 is 2.19 bits per heavy atom. The predicted molar refractivity (Wildman–Crippen MR) is 175 cm³/mol. The number of hydrogen-bond donors (Lipinski definition) is 1. The van der Waals surface area contributed by atoms with E-state index < -0.39 is 28.5 Å². The molecule has 4 aromatic carbocycles. The van der Waals surface area contributed by atoms with E-state index in [2.05, 4.69) is 21.2 Å². The summed E-state index contributed by atoms with van der Waals surface area (Å²) in [7, 11) is -2.67. The highest BCUT2D eigenvalue weighted by molar-refractivity contribution is 9.10. The number of aryl methyl sites for hydroxylation is 2. The van der Waals surface area contributed by atoms with Gasteiger partial charge < -0.3 is 10.2 Å². The van der Waals surface area contributed by atoms with Gasteiger partial charge in [-0.05, 0) is 73.0 Å². The van der Waals surface area contributed by atoms with Crippen LogP contribution in [0.4, 0.5) is 5.69 Å². The first-order chi connectivity index (χ1) is 20.5. The van der Waals surface area contributed by atoms with Crippen molar-refractivity contribution < 1.29 is 18.0 Å². The van der Waals surface area contributed by atoms with Crippen LogP contribution in [0.3, 0.4) is 0 Å². The van der Waals surface area contributed by atoms with E-state index >= 15 is 0 Å². The summed E-state index contributed by atoms with van der Waals surface area (Å²) in [6.45, 7) is 3.16. The lowest BCUT2D eigenvalue weighted by Gasteiger charge is -2.34. The van der Waals surface area contributed by atoms with Crippen LogP contribution in [0.2, 0.25) is 5.02 Å². The number of hydrogen-bond acceptors (Lipinski definition) is 4. The molecule has 7 nitrogen and oxygen atoms in total. The quantitative estimate of drug-likeness (QED) is 0.201. The van der Waals surface area contributed by atoms with E-state index in [-0.39, 0.29) is 23.8 Å².